The molecule has 0 N–H and O–H groups in total. The Morgan fingerprint density at radius 1 is 0.692 bits per heavy atom. The van der Waals surface area contributed by atoms with Gasteiger partial charge in [-0.1, -0.05) is 0 Å². The van der Waals surface area contributed by atoms with Gasteiger partial charge >= 0.3 is 0 Å². The highest BCUT2D eigenvalue weighted by Crippen LogP contribution is 2.30. The Bertz CT molecular complexity index is 863. The van der Waals surface area contributed by atoms with E-state index < -0.39 is 9.85 Å². The van der Waals surface area contributed by atoms with Crippen molar-refractivity contribution in [1.82, 2.24) is 0 Å². The molecule has 1 aliphatic rings. The van der Waals surface area contributed by atoms with Crippen LogP contribution in [0, 0.1) is 20.2 Å². The van der Waals surface area contributed by atoms with E-state index in [9.17, 15) is 25.0 Å². The minimum Gasteiger partial charge on any atom is -0.289 e. The van der Waals surface area contributed by atoms with Crippen molar-refractivity contribution < 1.29 is 14.6 Å². The third kappa shape index (κ3) is 3.72. The fourth-order valence-corrected chi connectivity index (χ4v) is 2.76. The smallest absolute Gasteiger partial charge is 0.269 e. The van der Waals surface area contributed by atoms with Gasteiger partial charge in [-0.05, 0) is 60.4 Å². The fraction of sp³-hybridized carbons (Fsp3) is 0.105. The van der Waals surface area contributed by atoms with Gasteiger partial charge in [0.1, 0.15) is 0 Å². The van der Waals surface area contributed by atoms with Gasteiger partial charge in [0.15, 0.2) is 5.78 Å². The van der Waals surface area contributed by atoms with E-state index in [2.05, 4.69) is 0 Å². The Kier molecular flexibility index (Phi) is 4.70. The Morgan fingerprint density at radius 3 is 1.35 bits per heavy atom. The van der Waals surface area contributed by atoms with E-state index in [1.807, 2.05) is 0 Å². The van der Waals surface area contributed by atoms with Crippen LogP contribution in [0.25, 0.3) is 12.2 Å². The van der Waals surface area contributed by atoms with E-state index in [-0.39, 0.29) is 17.2 Å². The summed E-state index contributed by atoms with van der Waals surface area (Å²) in [7, 11) is 0. The van der Waals surface area contributed by atoms with Crippen molar-refractivity contribution in [2.45, 2.75) is 12.8 Å². The van der Waals surface area contributed by atoms with Crippen LogP contribution in [-0.4, -0.2) is 15.6 Å². The zero-order valence-electron chi connectivity index (χ0n) is 13.6. The predicted octanol–water partition coefficient (Wildman–Crippen LogP) is 4.33. The quantitative estimate of drug-likeness (QED) is 0.464. The van der Waals surface area contributed by atoms with Gasteiger partial charge in [-0.2, -0.15) is 0 Å². The summed E-state index contributed by atoms with van der Waals surface area (Å²) in [5.41, 5.74) is 2.76. The molecule has 1 fully saturated rings. The molecule has 2 aromatic rings. The van der Waals surface area contributed by atoms with Gasteiger partial charge in [0.05, 0.1) is 9.85 Å². The minimum atomic E-state index is -0.470. The van der Waals surface area contributed by atoms with Crippen LogP contribution in [0.15, 0.2) is 59.7 Å². The molecule has 0 heterocycles. The van der Waals surface area contributed by atoms with Crippen LogP contribution < -0.4 is 0 Å². The fourth-order valence-electron chi connectivity index (χ4n) is 2.76. The Balaban J connectivity index is 1.78. The van der Waals surface area contributed by atoms with E-state index >= 15 is 0 Å². The maximum absolute atomic E-state index is 12.5. The number of carbonyl (C=O) groups excluding carboxylic acids is 1. The van der Waals surface area contributed by atoms with Crippen molar-refractivity contribution in [3.63, 3.8) is 0 Å². The molecule has 0 bridgehead atoms. The third-order valence-corrected chi connectivity index (χ3v) is 4.14. The number of carbonyl (C=O) groups is 1. The molecule has 7 heteroatoms. The Morgan fingerprint density at radius 2 is 1.04 bits per heavy atom. The first-order chi connectivity index (χ1) is 12.4. The lowest BCUT2D eigenvalue weighted by molar-refractivity contribution is -0.385. The van der Waals surface area contributed by atoms with Crippen LogP contribution in [0.4, 0.5) is 11.4 Å². The Labute approximate surface area is 148 Å². The second kappa shape index (κ2) is 7.10. The summed E-state index contributed by atoms with van der Waals surface area (Å²) >= 11 is 0. The van der Waals surface area contributed by atoms with Crippen molar-refractivity contribution >= 4 is 29.3 Å². The van der Waals surface area contributed by atoms with Crippen molar-refractivity contribution in [2.75, 3.05) is 0 Å². The molecule has 0 saturated heterocycles. The van der Waals surface area contributed by atoms with Crippen molar-refractivity contribution in [3.8, 4) is 0 Å². The van der Waals surface area contributed by atoms with Crippen LogP contribution in [0.5, 0.6) is 0 Å². The summed E-state index contributed by atoms with van der Waals surface area (Å²) in [5.74, 6) is -0.0679. The summed E-state index contributed by atoms with van der Waals surface area (Å²) in [6, 6.07) is 12.0. The number of nitrogens with zero attached hydrogens (tertiary/aromatic N) is 2. The van der Waals surface area contributed by atoms with Crippen LogP contribution in [-0.2, 0) is 4.79 Å². The van der Waals surface area contributed by atoms with Crippen LogP contribution in [0.1, 0.15) is 24.0 Å². The highest BCUT2D eigenvalue weighted by molar-refractivity contribution is 6.15. The summed E-state index contributed by atoms with van der Waals surface area (Å²) in [6.45, 7) is 0. The van der Waals surface area contributed by atoms with Gasteiger partial charge in [0, 0.05) is 35.4 Å². The highest BCUT2D eigenvalue weighted by atomic mass is 16.6. The molecule has 0 aliphatic heterocycles. The predicted molar refractivity (Wildman–Crippen MR) is 96.4 cm³/mol. The van der Waals surface area contributed by atoms with Gasteiger partial charge in [-0.3, -0.25) is 25.0 Å². The zero-order valence-corrected chi connectivity index (χ0v) is 13.6. The van der Waals surface area contributed by atoms with E-state index in [1.165, 1.54) is 24.3 Å². The number of benzene rings is 2. The number of Topliss-reactive ketones (excluding diaryl/α,β-unsaturated/α-hetero) is 1. The molecule has 1 saturated carbocycles. The molecule has 7 nitrogen and oxygen atoms in total. The lowest BCUT2D eigenvalue weighted by atomic mass is 10.1. The summed E-state index contributed by atoms with van der Waals surface area (Å²) in [6.07, 6.45) is 4.66. The number of ketones is 1. The normalized spacial score (nSPS) is 17.0. The first-order valence-corrected chi connectivity index (χ1v) is 7.89. The van der Waals surface area contributed by atoms with E-state index in [0.717, 1.165) is 11.1 Å². The number of allylic oxidation sites excluding steroid dienone is 2. The monoisotopic (exact) mass is 350 g/mol. The van der Waals surface area contributed by atoms with E-state index in [0.29, 0.717) is 24.0 Å². The number of hydrogen-bond acceptors (Lipinski definition) is 5. The third-order valence-electron chi connectivity index (χ3n) is 4.14. The number of nitro groups is 2. The first-order valence-electron chi connectivity index (χ1n) is 7.89. The average molecular weight is 350 g/mol. The van der Waals surface area contributed by atoms with Crippen LogP contribution in [0.2, 0.25) is 0 Å². The van der Waals surface area contributed by atoms with Crippen molar-refractivity contribution in [3.05, 3.63) is 91.0 Å². The van der Waals surface area contributed by atoms with Gasteiger partial charge in [0.2, 0.25) is 0 Å². The van der Waals surface area contributed by atoms with Gasteiger partial charge in [-0.25, -0.2) is 0 Å². The molecule has 1 aliphatic carbocycles. The van der Waals surface area contributed by atoms with Gasteiger partial charge < -0.3 is 0 Å². The summed E-state index contributed by atoms with van der Waals surface area (Å²) in [5, 5.41) is 21.3. The van der Waals surface area contributed by atoms with Gasteiger partial charge in [0.25, 0.3) is 11.4 Å². The van der Waals surface area contributed by atoms with E-state index in [1.54, 1.807) is 36.4 Å². The van der Waals surface area contributed by atoms with E-state index in [4.69, 9.17) is 0 Å². The SMILES string of the molecule is O=C1/C(=C\c2ccc([N+](=O)[O-])cc2)CC/C1=C/c1ccc([N+](=O)[O-])cc1. The van der Waals surface area contributed by atoms with Crippen LogP contribution in [0.3, 0.4) is 0 Å². The lowest BCUT2D eigenvalue weighted by Crippen LogP contribution is -1.96. The molecule has 0 radical (unpaired) electrons. The number of non-ortho nitro benzene ring substituents is 2. The first kappa shape index (κ1) is 17.2. The molecule has 26 heavy (non-hydrogen) atoms. The number of nitro benzene ring substituents is 2. The van der Waals surface area contributed by atoms with Crippen molar-refractivity contribution in [2.24, 2.45) is 0 Å². The lowest BCUT2D eigenvalue weighted by Gasteiger charge is -1.98. The molecule has 0 unspecified atom stereocenters. The second-order valence-electron chi connectivity index (χ2n) is 5.87. The molecule has 2 aromatic carbocycles. The molecule has 3 rings (SSSR count). The van der Waals surface area contributed by atoms with Crippen molar-refractivity contribution in [1.29, 1.82) is 0 Å². The standard InChI is InChI=1S/C19H14N2O5/c22-19-15(11-13-1-7-17(8-2-13)20(23)24)5-6-16(19)12-14-3-9-18(10-4-14)21(25)26/h1-4,7-12H,5-6H2/b15-11-,16-12-. The maximum atomic E-state index is 12.5. The maximum Gasteiger partial charge on any atom is 0.269 e. The van der Waals surface area contributed by atoms with Crippen LogP contribution >= 0.6 is 0 Å². The number of rotatable bonds is 4. The molecule has 0 amide bonds. The zero-order chi connectivity index (χ0) is 18.7. The average Bonchev–Trinajstić information content (AvgIpc) is 2.96. The second-order valence-corrected chi connectivity index (χ2v) is 5.87. The minimum absolute atomic E-state index is 0.00338. The molecule has 0 aromatic heterocycles. The number of hydrogen-bond donors (Lipinski definition) is 0. The molecule has 130 valence electrons. The topological polar surface area (TPSA) is 103 Å². The molecule has 0 spiro atoms. The molecular formula is C19H14N2O5. The summed E-state index contributed by atoms with van der Waals surface area (Å²) in [4.78, 5) is 32.9. The largest absolute Gasteiger partial charge is 0.289 e. The summed E-state index contributed by atoms with van der Waals surface area (Å²) < 4.78 is 0. The van der Waals surface area contributed by atoms with Gasteiger partial charge in [-0.15, -0.1) is 0 Å². The molecule has 0 atom stereocenters. The molecular weight excluding hydrogens is 336 g/mol. The highest BCUT2D eigenvalue weighted by Gasteiger charge is 2.23. The Hall–Kier alpha value is -3.61.